The number of rotatable bonds is 4. The Morgan fingerprint density at radius 1 is 1.04 bits per heavy atom. The molecule has 3 rings (SSSR count). The number of aromatic hydroxyl groups is 1. The van der Waals surface area contributed by atoms with E-state index in [1.807, 2.05) is 18.2 Å². The van der Waals surface area contributed by atoms with Crippen molar-refractivity contribution >= 4 is 17.6 Å². The molecule has 0 aromatic heterocycles. The van der Waals surface area contributed by atoms with Crippen molar-refractivity contribution in [3.05, 3.63) is 59.2 Å². The van der Waals surface area contributed by atoms with Gasteiger partial charge in [-0.3, -0.25) is 4.79 Å². The molecule has 0 saturated carbocycles. The number of anilines is 1. The van der Waals surface area contributed by atoms with Gasteiger partial charge >= 0.3 is 5.97 Å². The lowest BCUT2D eigenvalue weighted by atomic mass is 10.1. The molecule has 0 bridgehead atoms. The van der Waals surface area contributed by atoms with Gasteiger partial charge in [-0.05, 0) is 66.8 Å². The number of amides is 1. The highest BCUT2D eigenvalue weighted by Crippen LogP contribution is 2.24. The molecule has 0 saturated heterocycles. The molecule has 0 spiro atoms. The lowest BCUT2D eigenvalue weighted by Gasteiger charge is -2.08. The van der Waals surface area contributed by atoms with E-state index in [0.29, 0.717) is 0 Å². The Labute approximate surface area is 133 Å². The second kappa shape index (κ2) is 6.52. The van der Waals surface area contributed by atoms with E-state index in [0.717, 1.165) is 24.9 Å². The number of ether oxygens (including phenoxy) is 1. The van der Waals surface area contributed by atoms with Crippen LogP contribution in [0.5, 0.6) is 5.75 Å². The molecule has 2 aromatic rings. The fourth-order valence-electron chi connectivity index (χ4n) is 2.66. The van der Waals surface area contributed by atoms with Gasteiger partial charge < -0.3 is 15.2 Å². The van der Waals surface area contributed by atoms with Crippen molar-refractivity contribution in [3.63, 3.8) is 0 Å². The molecule has 23 heavy (non-hydrogen) atoms. The number of aryl methyl sites for hydroxylation is 2. The summed E-state index contributed by atoms with van der Waals surface area (Å²) < 4.78 is 4.96. The predicted molar refractivity (Wildman–Crippen MR) is 85.5 cm³/mol. The van der Waals surface area contributed by atoms with Crippen molar-refractivity contribution in [1.29, 1.82) is 0 Å². The molecule has 0 atom stereocenters. The lowest BCUT2D eigenvalue weighted by Crippen LogP contribution is -2.21. The first-order valence-corrected chi connectivity index (χ1v) is 7.49. The molecular weight excluding hydrogens is 294 g/mol. The van der Waals surface area contributed by atoms with Crippen LogP contribution in [0.2, 0.25) is 0 Å². The summed E-state index contributed by atoms with van der Waals surface area (Å²) in [5.41, 5.74) is 3.61. The molecular formula is C18H17NO4. The summed E-state index contributed by atoms with van der Waals surface area (Å²) in [5.74, 6) is -0.917. The van der Waals surface area contributed by atoms with Crippen LogP contribution in [0, 0.1) is 0 Å². The van der Waals surface area contributed by atoms with Crippen LogP contribution in [-0.4, -0.2) is 23.6 Å². The monoisotopic (exact) mass is 311 g/mol. The van der Waals surface area contributed by atoms with Gasteiger partial charge in [0.25, 0.3) is 5.91 Å². The Bertz CT molecular complexity index is 737. The number of fused-ring (bicyclic) bond motifs is 1. The minimum Gasteiger partial charge on any atom is -0.508 e. The maximum atomic E-state index is 11.9. The van der Waals surface area contributed by atoms with Gasteiger partial charge in [0, 0.05) is 5.69 Å². The van der Waals surface area contributed by atoms with Crippen molar-refractivity contribution in [2.75, 3.05) is 11.9 Å². The Morgan fingerprint density at radius 2 is 1.78 bits per heavy atom. The molecule has 0 unspecified atom stereocenters. The smallest absolute Gasteiger partial charge is 0.338 e. The van der Waals surface area contributed by atoms with Crippen LogP contribution in [0.1, 0.15) is 27.9 Å². The highest BCUT2D eigenvalue weighted by Gasteiger charge is 2.13. The highest BCUT2D eigenvalue weighted by molar-refractivity contribution is 5.95. The topological polar surface area (TPSA) is 75.6 Å². The zero-order valence-electron chi connectivity index (χ0n) is 12.5. The van der Waals surface area contributed by atoms with Crippen LogP contribution < -0.4 is 5.32 Å². The summed E-state index contributed by atoms with van der Waals surface area (Å²) >= 11 is 0. The fraction of sp³-hybridized carbons (Fsp3) is 0.222. The van der Waals surface area contributed by atoms with Gasteiger partial charge in [0.05, 0.1) is 5.56 Å². The summed E-state index contributed by atoms with van der Waals surface area (Å²) in [7, 11) is 0. The molecule has 5 heteroatoms. The van der Waals surface area contributed by atoms with Crippen LogP contribution in [0.15, 0.2) is 42.5 Å². The van der Waals surface area contributed by atoms with Crippen LogP contribution >= 0.6 is 0 Å². The summed E-state index contributed by atoms with van der Waals surface area (Å²) in [6.07, 6.45) is 3.28. The minimum absolute atomic E-state index is 0.0657. The summed E-state index contributed by atoms with van der Waals surface area (Å²) in [6, 6.07) is 11.5. The second-order valence-electron chi connectivity index (χ2n) is 5.51. The number of phenols is 1. The molecule has 2 N–H and O–H groups in total. The minimum atomic E-state index is -0.603. The first kappa shape index (κ1) is 15.1. The van der Waals surface area contributed by atoms with Crippen molar-refractivity contribution in [2.45, 2.75) is 19.3 Å². The van der Waals surface area contributed by atoms with E-state index in [-0.39, 0.29) is 23.8 Å². The summed E-state index contributed by atoms with van der Waals surface area (Å²) in [4.78, 5) is 23.7. The van der Waals surface area contributed by atoms with E-state index in [2.05, 4.69) is 5.32 Å². The van der Waals surface area contributed by atoms with Crippen LogP contribution in [0.25, 0.3) is 0 Å². The van der Waals surface area contributed by atoms with Crippen LogP contribution in [0.3, 0.4) is 0 Å². The molecule has 1 aliphatic rings. The van der Waals surface area contributed by atoms with Crippen molar-refractivity contribution in [1.82, 2.24) is 0 Å². The fourth-order valence-corrected chi connectivity index (χ4v) is 2.66. The molecule has 0 radical (unpaired) electrons. The largest absolute Gasteiger partial charge is 0.508 e. The first-order valence-electron chi connectivity index (χ1n) is 7.49. The maximum Gasteiger partial charge on any atom is 0.338 e. The Hall–Kier alpha value is -2.82. The highest BCUT2D eigenvalue weighted by atomic mass is 16.5. The third-order valence-corrected chi connectivity index (χ3v) is 3.82. The molecule has 1 amide bonds. The average Bonchev–Trinajstić information content (AvgIpc) is 3.01. The standard InChI is InChI=1S/C18H17NO4/c20-16-8-5-13(6-9-16)18(22)23-11-17(21)19-15-7-4-12-2-1-3-14(12)10-15/h4-10,20H,1-3,11H2,(H,19,21). The number of hydrogen-bond acceptors (Lipinski definition) is 4. The van der Waals surface area contributed by atoms with Gasteiger partial charge in [-0.25, -0.2) is 4.79 Å². The van der Waals surface area contributed by atoms with E-state index in [1.54, 1.807) is 0 Å². The van der Waals surface area contributed by atoms with E-state index in [4.69, 9.17) is 4.74 Å². The maximum absolute atomic E-state index is 11.9. The number of carbonyl (C=O) groups is 2. The SMILES string of the molecule is O=C(COC(=O)c1ccc(O)cc1)Nc1ccc2c(c1)CCC2. The third-order valence-electron chi connectivity index (χ3n) is 3.82. The van der Waals surface area contributed by atoms with Crippen LogP contribution in [-0.2, 0) is 22.4 Å². The number of esters is 1. The predicted octanol–water partition coefficient (Wildman–Crippen LogP) is 2.68. The number of hydrogen-bond donors (Lipinski definition) is 2. The van der Waals surface area contributed by atoms with E-state index >= 15 is 0 Å². The number of phenolic OH excluding ortho intramolecular Hbond substituents is 1. The lowest BCUT2D eigenvalue weighted by molar-refractivity contribution is -0.119. The van der Waals surface area contributed by atoms with E-state index < -0.39 is 5.97 Å². The first-order chi connectivity index (χ1) is 11.1. The Morgan fingerprint density at radius 3 is 2.57 bits per heavy atom. The van der Waals surface area contributed by atoms with Crippen molar-refractivity contribution in [3.8, 4) is 5.75 Å². The molecule has 1 aliphatic carbocycles. The van der Waals surface area contributed by atoms with Gasteiger partial charge in [0.2, 0.25) is 0 Å². The number of benzene rings is 2. The van der Waals surface area contributed by atoms with Gasteiger partial charge in [-0.15, -0.1) is 0 Å². The summed E-state index contributed by atoms with van der Waals surface area (Å²) in [5, 5.41) is 11.9. The molecule has 0 aliphatic heterocycles. The van der Waals surface area contributed by atoms with E-state index in [1.165, 1.54) is 35.4 Å². The Balaban J connectivity index is 1.53. The molecule has 2 aromatic carbocycles. The molecule has 0 heterocycles. The third kappa shape index (κ3) is 3.69. The van der Waals surface area contributed by atoms with Gasteiger partial charge in [-0.1, -0.05) is 6.07 Å². The van der Waals surface area contributed by atoms with Gasteiger partial charge in [0.15, 0.2) is 6.61 Å². The number of nitrogens with one attached hydrogen (secondary N) is 1. The molecule has 0 fully saturated rings. The Kier molecular flexibility index (Phi) is 4.28. The van der Waals surface area contributed by atoms with Crippen molar-refractivity contribution < 1.29 is 19.4 Å². The zero-order valence-corrected chi connectivity index (χ0v) is 12.5. The normalized spacial score (nSPS) is 12.5. The van der Waals surface area contributed by atoms with Gasteiger partial charge in [-0.2, -0.15) is 0 Å². The van der Waals surface area contributed by atoms with E-state index in [9.17, 15) is 14.7 Å². The molecule has 5 nitrogen and oxygen atoms in total. The van der Waals surface area contributed by atoms with Crippen LogP contribution in [0.4, 0.5) is 5.69 Å². The number of carbonyl (C=O) groups excluding carboxylic acids is 2. The summed E-state index contributed by atoms with van der Waals surface area (Å²) in [6.45, 7) is -0.350. The molecule has 118 valence electrons. The van der Waals surface area contributed by atoms with Gasteiger partial charge in [0.1, 0.15) is 5.75 Å². The second-order valence-corrected chi connectivity index (χ2v) is 5.51. The zero-order chi connectivity index (χ0) is 16.2. The van der Waals surface area contributed by atoms with Crippen molar-refractivity contribution in [2.24, 2.45) is 0 Å². The quantitative estimate of drug-likeness (QED) is 0.851. The average molecular weight is 311 g/mol.